The number of hydrogen-bond acceptors (Lipinski definition) is 3. The second kappa shape index (κ2) is 6.31. The Bertz CT molecular complexity index is 685. The molecule has 1 heterocycles. The van der Waals surface area contributed by atoms with Crippen LogP contribution in [0.3, 0.4) is 0 Å². The second-order valence-corrected chi connectivity index (χ2v) is 4.58. The minimum absolute atomic E-state index is 0.0783. The predicted octanol–water partition coefficient (Wildman–Crippen LogP) is 1.95. The van der Waals surface area contributed by atoms with E-state index in [2.05, 4.69) is 15.7 Å². The van der Waals surface area contributed by atoms with E-state index in [0.29, 0.717) is 12.2 Å². The maximum absolute atomic E-state index is 13.5. The van der Waals surface area contributed by atoms with Crippen LogP contribution in [0.5, 0.6) is 0 Å². The van der Waals surface area contributed by atoms with E-state index in [9.17, 15) is 9.18 Å². The normalized spacial score (nSPS) is 10.2. The number of rotatable bonds is 4. The van der Waals surface area contributed by atoms with Crippen LogP contribution < -0.4 is 16.4 Å². The molecule has 0 unspecified atom stereocenters. The van der Waals surface area contributed by atoms with Gasteiger partial charge < -0.3 is 16.4 Å². The Hall–Kier alpha value is -2.48. The standard InChI is InChI=1S/C13H14FN5OS/c1-2-19-7-10(11(18-19)12(15)20)17-13(21)16-9-6-4-3-5-8(9)14/h3-7H,2H2,1H3,(H2,15,20)(H2,16,17,21). The van der Waals surface area contributed by atoms with Crippen LogP contribution in [0.15, 0.2) is 30.5 Å². The van der Waals surface area contributed by atoms with Crippen molar-refractivity contribution in [3.63, 3.8) is 0 Å². The van der Waals surface area contributed by atoms with E-state index in [1.54, 1.807) is 29.1 Å². The lowest BCUT2D eigenvalue weighted by molar-refractivity contribution is 0.0995. The lowest BCUT2D eigenvalue weighted by atomic mass is 10.3. The van der Waals surface area contributed by atoms with Gasteiger partial charge in [-0.15, -0.1) is 0 Å². The molecule has 8 heteroatoms. The van der Waals surface area contributed by atoms with Gasteiger partial charge in [0.1, 0.15) is 5.82 Å². The molecular weight excluding hydrogens is 293 g/mol. The largest absolute Gasteiger partial charge is 0.364 e. The number of carbonyl (C=O) groups is 1. The number of thiocarbonyl (C=S) groups is 1. The van der Waals surface area contributed by atoms with E-state index in [4.69, 9.17) is 18.0 Å². The SMILES string of the molecule is CCn1cc(NC(=S)Nc2ccccc2F)c(C(N)=O)n1. The minimum atomic E-state index is -0.668. The third-order valence-electron chi connectivity index (χ3n) is 2.69. The van der Waals surface area contributed by atoms with E-state index in [1.807, 2.05) is 6.92 Å². The molecule has 1 aromatic heterocycles. The van der Waals surface area contributed by atoms with Crippen LogP contribution in [-0.2, 0) is 6.54 Å². The summed E-state index contributed by atoms with van der Waals surface area (Å²) in [6.07, 6.45) is 1.61. The summed E-state index contributed by atoms with van der Waals surface area (Å²) < 4.78 is 15.1. The summed E-state index contributed by atoms with van der Waals surface area (Å²) in [5.41, 5.74) is 5.94. The molecule has 0 atom stereocenters. The predicted molar refractivity (Wildman–Crippen MR) is 82.7 cm³/mol. The van der Waals surface area contributed by atoms with Crippen molar-refractivity contribution in [2.24, 2.45) is 5.73 Å². The number of hydrogen-bond donors (Lipinski definition) is 3. The van der Waals surface area contributed by atoms with E-state index < -0.39 is 11.7 Å². The first kappa shape index (κ1) is 14.9. The molecule has 1 aromatic carbocycles. The fourth-order valence-electron chi connectivity index (χ4n) is 1.70. The number of benzene rings is 1. The Labute approximate surface area is 126 Å². The Kier molecular flexibility index (Phi) is 4.49. The molecule has 4 N–H and O–H groups in total. The van der Waals surface area contributed by atoms with Crippen molar-refractivity contribution in [3.05, 3.63) is 42.0 Å². The second-order valence-electron chi connectivity index (χ2n) is 4.17. The van der Waals surface area contributed by atoms with Crippen LogP contribution in [0, 0.1) is 5.82 Å². The molecule has 0 aliphatic carbocycles. The quantitative estimate of drug-likeness (QED) is 0.752. The molecule has 0 spiro atoms. The summed E-state index contributed by atoms with van der Waals surface area (Å²) >= 11 is 5.09. The molecule has 0 saturated heterocycles. The van der Waals surface area contributed by atoms with Crippen molar-refractivity contribution >= 4 is 34.6 Å². The van der Waals surface area contributed by atoms with Crippen molar-refractivity contribution in [2.45, 2.75) is 13.5 Å². The van der Waals surface area contributed by atoms with Gasteiger partial charge >= 0.3 is 0 Å². The first-order chi connectivity index (χ1) is 10.0. The highest BCUT2D eigenvalue weighted by Gasteiger charge is 2.15. The molecule has 110 valence electrons. The maximum atomic E-state index is 13.5. The van der Waals surface area contributed by atoms with Crippen LogP contribution in [0.1, 0.15) is 17.4 Å². The third kappa shape index (κ3) is 3.54. The Morgan fingerprint density at radius 2 is 2.05 bits per heavy atom. The highest BCUT2D eigenvalue weighted by molar-refractivity contribution is 7.80. The summed E-state index contributed by atoms with van der Waals surface area (Å²) in [6.45, 7) is 2.45. The fourth-order valence-corrected chi connectivity index (χ4v) is 1.92. The summed E-state index contributed by atoms with van der Waals surface area (Å²) in [4.78, 5) is 11.3. The zero-order chi connectivity index (χ0) is 15.4. The number of carbonyl (C=O) groups excluding carboxylic acids is 1. The molecule has 2 aromatic rings. The molecule has 6 nitrogen and oxygen atoms in total. The van der Waals surface area contributed by atoms with Crippen molar-refractivity contribution < 1.29 is 9.18 Å². The molecule has 2 rings (SSSR count). The number of anilines is 2. The number of aromatic nitrogens is 2. The van der Waals surface area contributed by atoms with Gasteiger partial charge in [-0.25, -0.2) is 4.39 Å². The summed E-state index contributed by atoms with van der Waals surface area (Å²) in [5.74, 6) is -1.10. The number of nitrogens with zero attached hydrogens (tertiary/aromatic N) is 2. The van der Waals surface area contributed by atoms with Crippen molar-refractivity contribution in [1.82, 2.24) is 9.78 Å². The zero-order valence-electron chi connectivity index (χ0n) is 11.3. The molecule has 0 fully saturated rings. The smallest absolute Gasteiger partial charge is 0.271 e. The molecule has 0 saturated carbocycles. The highest BCUT2D eigenvalue weighted by Crippen LogP contribution is 2.16. The molecular formula is C13H14FN5OS. The summed E-state index contributed by atoms with van der Waals surface area (Å²) in [7, 11) is 0. The molecule has 0 radical (unpaired) electrons. The molecule has 0 aliphatic heterocycles. The monoisotopic (exact) mass is 307 g/mol. The average Bonchev–Trinajstić information content (AvgIpc) is 2.84. The van der Waals surface area contributed by atoms with E-state index in [0.717, 1.165) is 0 Å². The van der Waals surface area contributed by atoms with Gasteiger partial charge in [0.25, 0.3) is 5.91 Å². The number of aryl methyl sites for hydroxylation is 1. The lowest BCUT2D eigenvalue weighted by Gasteiger charge is -2.10. The lowest BCUT2D eigenvalue weighted by Crippen LogP contribution is -2.22. The van der Waals surface area contributed by atoms with Crippen LogP contribution >= 0.6 is 12.2 Å². The van der Waals surface area contributed by atoms with Gasteiger partial charge in [-0.2, -0.15) is 5.10 Å². The van der Waals surface area contributed by atoms with E-state index >= 15 is 0 Å². The number of para-hydroxylation sites is 1. The van der Waals surface area contributed by atoms with Crippen molar-refractivity contribution in [1.29, 1.82) is 0 Å². The third-order valence-corrected chi connectivity index (χ3v) is 2.89. The van der Waals surface area contributed by atoms with E-state index in [1.165, 1.54) is 6.07 Å². The first-order valence-electron chi connectivity index (χ1n) is 6.21. The van der Waals surface area contributed by atoms with Crippen molar-refractivity contribution in [3.8, 4) is 0 Å². The van der Waals surface area contributed by atoms with Gasteiger partial charge in [-0.3, -0.25) is 9.48 Å². The topological polar surface area (TPSA) is 85.0 Å². The van der Waals surface area contributed by atoms with Gasteiger partial charge in [-0.1, -0.05) is 12.1 Å². The highest BCUT2D eigenvalue weighted by atomic mass is 32.1. The molecule has 1 amide bonds. The van der Waals surface area contributed by atoms with Gasteiger partial charge in [0.2, 0.25) is 0 Å². The number of nitrogens with two attached hydrogens (primary N) is 1. The van der Waals surface area contributed by atoms with Gasteiger partial charge in [-0.05, 0) is 31.3 Å². The average molecular weight is 307 g/mol. The van der Waals surface area contributed by atoms with Gasteiger partial charge in [0.15, 0.2) is 10.8 Å². The molecule has 0 bridgehead atoms. The number of halogens is 1. The van der Waals surface area contributed by atoms with Crippen LogP contribution in [-0.4, -0.2) is 20.8 Å². The van der Waals surface area contributed by atoms with Crippen LogP contribution in [0.25, 0.3) is 0 Å². The summed E-state index contributed by atoms with van der Waals surface area (Å²) in [5, 5.41) is 9.66. The maximum Gasteiger partial charge on any atom is 0.271 e. The Balaban J connectivity index is 2.14. The molecule has 0 aliphatic rings. The number of amides is 1. The van der Waals surface area contributed by atoms with Gasteiger partial charge in [0, 0.05) is 12.7 Å². The van der Waals surface area contributed by atoms with Crippen molar-refractivity contribution in [2.75, 3.05) is 10.6 Å². The number of primary amides is 1. The first-order valence-corrected chi connectivity index (χ1v) is 6.62. The minimum Gasteiger partial charge on any atom is -0.364 e. The number of nitrogens with one attached hydrogen (secondary N) is 2. The molecule has 21 heavy (non-hydrogen) atoms. The summed E-state index contributed by atoms with van der Waals surface area (Å²) in [6, 6.07) is 6.12. The fraction of sp³-hybridized carbons (Fsp3) is 0.154. The van der Waals surface area contributed by atoms with Gasteiger partial charge in [0.05, 0.1) is 11.4 Å². The van der Waals surface area contributed by atoms with Crippen LogP contribution in [0.4, 0.5) is 15.8 Å². The zero-order valence-corrected chi connectivity index (χ0v) is 12.1. The Morgan fingerprint density at radius 1 is 1.38 bits per heavy atom. The van der Waals surface area contributed by atoms with E-state index in [-0.39, 0.29) is 16.5 Å². The van der Waals surface area contributed by atoms with Crippen LogP contribution in [0.2, 0.25) is 0 Å². The Morgan fingerprint density at radius 3 is 2.67 bits per heavy atom.